The molecule has 1 heterocycles. The molecule has 4 heteroatoms. The fourth-order valence-corrected chi connectivity index (χ4v) is 3.01. The zero-order chi connectivity index (χ0) is 18.0. The highest BCUT2D eigenvalue weighted by molar-refractivity contribution is 5.79. The van der Waals surface area contributed by atoms with Gasteiger partial charge in [-0.05, 0) is 62.6 Å². The minimum absolute atomic E-state index is 0.214. The van der Waals surface area contributed by atoms with E-state index in [0.29, 0.717) is 11.5 Å². The number of hydrogen-bond acceptors (Lipinski definition) is 3. The second-order valence-electron chi connectivity index (χ2n) is 6.27. The molecule has 0 aliphatic heterocycles. The number of imidazole rings is 1. The van der Waals surface area contributed by atoms with Gasteiger partial charge in [-0.3, -0.25) is 0 Å². The van der Waals surface area contributed by atoms with Crippen molar-refractivity contribution in [3.63, 3.8) is 0 Å². The zero-order valence-corrected chi connectivity index (χ0v) is 15.4. The van der Waals surface area contributed by atoms with E-state index < -0.39 is 0 Å². The number of allylic oxidation sites excluding steroid dienone is 1. The number of fused-ring (bicyclic) bond motifs is 1. The number of aromatic amines is 1. The highest BCUT2D eigenvalue weighted by atomic mass is 16.5. The lowest BCUT2D eigenvalue weighted by molar-refractivity contribution is 0.208. The molecular weight excluding hydrogens is 312 g/mol. The van der Waals surface area contributed by atoms with Crippen LogP contribution in [0.3, 0.4) is 0 Å². The molecule has 0 unspecified atom stereocenters. The zero-order valence-electron chi connectivity index (χ0n) is 15.4. The molecule has 2 aromatic carbocycles. The molecule has 0 aliphatic rings. The fourth-order valence-electron chi connectivity index (χ4n) is 3.01. The topological polar surface area (TPSA) is 47.1 Å². The predicted molar refractivity (Wildman–Crippen MR) is 102 cm³/mol. The first-order chi connectivity index (χ1) is 12.0. The number of hydrogen-bond donors (Lipinski definition) is 1. The first-order valence-electron chi connectivity index (χ1n) is 8.46. The predicted octanol–water partition coefficient (Wildman–Crippen LogP) is 5.36. The Hall–Kier alpha value is -2.75. The van der Waals surface area contributed by atoms with E-state index in [4.69, 9.17) is 14.5 Å². The van der Waals surface area contributed by atoms with Crippen molar-refractivity contribution >= 4 is 17.1 Å². The second-order valence-corrected chi connectivity index (χ2v) is 6.27. The third kappa shape index (κ3) is 3.53. The molecule has 3 rings (SSSR count). The highest BCUT2D eigenvalue weighted by Gasteiger charge is 2.16. The molecule has 0 saturated heterocycles. The number of rotatable bonds is 5. The molecule has 0 bridgehead atoms. The maximum Gasteiger partial charge on any atom is 0.162 e. The Morgan fingerprint density at radius 1 is 1.12 bits per heavy atom. The lowest BCUT2D eigenvalue weighted by Crippen LogP contribution is -2.06. The number of methoxy groups -OCH3 is 1. The molecule has 0 amide bonds. The lowest BCUT2D eigenvalue weighted by Gasteiger charge is -2.15. The average Bonchev–Trinajstić information content (AvgIpc) is 3.01. The maximum absolute atomic E-state index is 6.11. The van der Waals surface area contributed by atoms with E-state index in [1.807, 2.05) is 44.2 Å². The van der Waals surface area contributed by atoms with Crippen molar-refractivity contribution in [3.05, 3.63) is 58.9 Å². The summed E-state index contributed by atoms with van der Waals surface area (Å²) in [4.78, 5) is 8.10. The van der Waals surface area contributed by atoms with Crippen molar-refractivity contribution < 1.29 is 9.47 Å². The van der Waals surface area contributed by atoms with Crippen LogP contribution in [0.2, 0.25) is 0 Å². The van der Waals surface area contributed by atoms with Crippen LogP contribution in [-0.4, -0.2) is 17.1 Å². The van der Waals surface area contributed by atoms with Crippen molar-refractivity contribution in [1.82, 2.24) is 9.97 Å². The van der Waals surface area contributed by atoms with E-state index in [1.54, 1.807) is 7.11 Å². The van der Waals surface area contributed by atoms with Gasteiger partial charge in [0.1, 0.15) is 5.82 Å². The van der Waals surface area contributed by atoms with Crippen molar-refractivity contribution in [2.45, 2.75) is 33.8 Å². The number of nitrogens with one attached hydrogen (secondary N) is 1. The molecule has 0 spiro atoms. The molecule has 0 saturated carbocycles. The van der Waals surface area contributed by atoms with Crippen LogP contribution in [0, 0.1) is 13.8 Å². The molecule has 1 aromatic heterocycles. The summed E-state index contributed by atoms with van der Waals surface area (Å²) in [7, 11) is 1.65. The van der Waals surface area contributed by atoms with Crippen LogP contribution in [0.25, 0.3) is 17.1 Å². The molecule has 130 valence electrons. The van der Waals surface area contributed by atoms with Crippen molar-refractivity contribution in [3.8, 4) is 11.5 Å². The monoisotopic (exact) mass is 336 g/mol. The highest BCUT2D eigenvalue weighted by Crippen LogP contribution is 2.32. The Bertz CT molecular complexity index is 925. The first kappa shape index (κ1) is 17.1. The van der Waals surface area contributed by atoms with Crippen LogP contribution in [0.1, 0.15) is 42.5 Å². The van der Waals surface area contributed by atoms with Crippen molar-refractivity contribution in [2.24, 2.45) is 0 Å². The summed E-state index contributed by atoms with van der Waals surface area (Å²) in [5.41, 5.74) is 5.49. The van der Waals surface area contributed by atoms with Gasteiger partial charge in [0.15, 0.2) is 17.6 Å². The largest absolute Gasteiger partial charge is 0.493 e. The lowest BCUT2D eigenvalue weighted by atomic mass is 10.1. The molecule has 1 N–H and O–H groups in total. The van der Waals surface area contributed by atoms with Gasteiger partial charge in [-0.15, -0.1) is 0 Å². The van der Waals surface area contributed by atoms with Gasteiger partial charge in [-0.2, -0.15) is 0 Å². The number of H-pyrrole nitrogens is 1. The van der Waals surface area contributed by atoms with Crippen LogP contribution < -0.4 is 9.47 Å². The van der Waals surface area contributed by atoms with Crippen LogP contribution in [0.4, 0.5) is 0 Å². The molecule has 4 nitrogen and oxygen atoms in total. The van der Waals surface area contributed by atoms with Crippen LogP contribution in [0.5, 0.6) is 11.5 Å². The van der Waals surface area contributed by atoms with E-state index in [1.165, 1.54) is 5.56 Å². The number of nitrogens with zero attached hydrogens (tertiary/aromatic N) is 1. The Kier molecular flexibility index (Phi) is 4.79. The van der Waals surface area contributed by atoms with Crippen LogP contribution >= 0.6 is 0 Å². The molecule has 0 radical (unpaired) electrons. The summed E-state index contributed by atoms with van der Waals surface area (Å²) in [6.45, 7) is 8.14. The molecule has 0 fully saturated rings. The Labute approximate surface area is 148 Å². The number of benzene rings is 2. The smallest absolute Gasteiger partial charge is 0.162 e. The van der Waals surface area contributed by atoms with E-state index >= 15 is 0 Å². The first-order valence-corrected chi connectivity index (χ1v) is 8.46. The van der Waals surface area contributed by atoms with E-state index in [-0.39, 0.29) is 6.10 Å². The van der Waals surface area contributed by atoms with Gasteiger partial charge in [0.25, 0.3) is 0 Å². The van der Waals surface area contributed by atoms with Gasteiger partial charge in [-0.25, -0.2) is 4.98 Å². The quantitative estimate of drug-likeness (QED) is 0.682. The SMILES string of the molecule is C/C=C/c1ccc(O[C@H](C)c2nc3c(C)cc(C)cc3[nH]2)c(OC)c1. The Balaban J connectivity index is 1.89. The Morgan fingerprint density at radius 2 is 1.92 bits per heavy atom. The minimum Gasteiger partial charge on any atom is -0.493 e. The van der Waals surface area contributed by atoms with E-state index in [2.05, 4.69) is 31.0 Å². The summed E-state index contributed by atoms with van der Waals surface area (Å²) >= 11 is 0. The summed E-state index contributed by atoms with van der Waals surface area (Å²) in [6, 6.07) is 10.2. The van der Waals surface area contributed by atoms with E-state index in [9.17, 15) is 0 Å². The normalized spacial score (nSPS) is 12.7. The summed E-state index contributed by atoms with van der Waals surface area (Å²) in [5, 5.41) is 0. The second kappa shape index (κ2) is 7.01. The van der Waals surface area contributed by atoms with Crippen molar-refractivity contribution in [1.29, 1.82) is 0 Å². The molecule has 25 heavy (non-hydrogen) atoms. The fraction of sp³-hybridized carbons (Fsp3) is 0.286. The van der Waals surface area contributed by atoms with Gasteiger partial charge >= 0.3 is 0 Å². The van der Waals surface area contributed by atoms with Crippen LogP contribution in [-0.2, 0) is 0 Å². The van der Waals surface area contributed by atoms with Gasteiger partial charge < -0.3 is 14.5 Å². The number of aromatic nitrogens is 2. The van der Waals surface area contributed by atoms with Gasteiger partial charge in [0.05, 0.1) is 18.1 Å². The average molecular weight is 336 g/mol. The van der Waals surface area contributed by atoms with Gasteiger partial charge in [0.2, 0.25) is 0 Å². The summed E-state index contributed by atoms with van der Waals surface area (Å²) in [6.07, 6.45) is 3.81. The number of aryl methyl sites for hydroxylation is 2. The van der Waals surface area contributed by atoms with Gasteiger partial charge in [-0.1, -0.05) is 24.3 Å². The molecule has 3 aromatic rings. The third-order valence-electron chi connectivity index (χ3n) is 4.18. The minimum atomic E-state index is -0.214. The Morgan fingerprint density at radius 3 is 2.64 bits per heavy atom. The number of ether oxygens (including phenoxy) is 2. The van der Waals surface area contributed by atoms with Gasteiger partial charge in [0, 0.05) is 0 Å². The third-order valence-corrected chi connectivity index (χ3v) is 4.18. The van der Waals surface area contributed by atoms with Crippen LogP contribution in [0.15, 0.2) is 36.4 Å². The molecular formula is C21H24N2O2. The maximum atomic E-state index is 6.11. The molecule has 1 atom stereocenters. The summed E-state index contributed by atoms with van der Waals surface area (Å²) < 4.78 is 11.6. The standard InChI is InChI=1S/C21H24N2O2/c1-6-7-16-8-9-18(19(12-16)24-5)25-15(4)21-22-17-11-13(2)10-14(3)20(17)23-21/h6-12,15H,1-5H3,(H,22,23)/b7-6+/t15-/m1/s1. The molecule has 0 aliphatic carbocycles. The summed E-state index contributed by atoms with van der Waals surface area (Å²) in [5.74, 6) is 2.23. The van der Waals surface area contributed by atoms with E-state index in [0.717, 1.165) is 28.0 Å². The van der Waals surface area contributed by atoms with Crippen molar-refractivity contribution in [2.75, 3.05) is 7.11 Å².